The van der Waals surface area contributed by atoms with E-state index in [1.807, 2.05) is 13.8 Å². The average Bonchev–Trinajstić information content (AvgIpc) is 2.94. The molecule has 0 amide bonds. The fourth-order valence-corrected chi connectivity index (χ4v) is 3.18. The van der Waals surface area contributed by atoms with E-state index in [0.717, 1.165) is 5.71 Å². The van der Waals surface area contributed by atoms with Crippen molar-refractivity contribution >= 4 is 11.7 Å². The molecule has 2 fully saturated rings. The Balaban J connectivity index is 1.79. The molecule has 2 aliphatic heterocycles. The molecule has 1 saturated carbocycles. The molecule has 0 radical (unpaired) electrons. The van der Waals surface area contributed by atoms with Gasteiger partial charge in [-0.2, -0.15) is 0 Å². The van der Waals surface area contributed by atoms with Crippen molar-refractivity contribution in [2.24, 2.45) is 17.0 Å². The van der Waals surface area contributed by atoms with Gasteiger partial charge < -0.3 is 19.0 Å². The molecule has 2 heterocycles. The first-order chi connectivity index (χ1) is 9.02. The number of esters is 1. The number of carbonyl (C=O) groups is 1. The lowest BCUT2D eigenvalue weighted by atomic mass is 9.98. The van der Waals surface area contributed by atoms with Crippen molar-refractivity contribution in [3.8, 4) is 0 Å². The minimum Gasteiger partial charge on any atom is -0.466 e. The van der Waals surface area contributed by atoms with Crippen LogP contribution in [0.1, 0.15) is 27.2 Å². The number of carbonyl (C=O) groups excluding carboxylic acids is 1. The van der Waals surface area contributed by atoms with Crippen molar-refractivity contribution in [3.05, 3.63) is 0 Å². The van der Waals surface area contributed by atoms with Crippen LogP contribution >= 0.6 is 0 Å². The highest BCUT2D eigenvalue weighted by molar-refractivity contribution is 5.95. The highest BCUT2D eigenvalue weighted by Crippen LogP contribution is 2.46. The third kappa shape index (κ3) is 2.12. The molecule has 0 aromatic heterocycles. The van der Waals surface area contributed by atoms with E-state index in [9.17, 15) is 4.79 Å². The van der Waals surface area contributed by atoms with Crippen LogP contribution in [-0.2, 0) is 23.8 Å². The first kappa shape index (κ1) is 12.9. The second-order valence-corrected chi connectivity index (χ2v) is 5.60. The number of oxime groups is 1. The summed E-state index contributed by atoms with van der Waals surface area (Å²) in [5.41, 5.74) is 0.888. The third-order valence-corrected chi connectivity index (χ3v) is 3.83. The van der Waals surface area contributed by atoms with Crippen molar-refractivity contribution in [3.63, 3.8) is 0 Å². The Hall–Kier alpha value is -1.14. The summed E-state index contributed by atoms with van der Waals surface area (Å²) in [6.45, 7) is 6.47. The molecular weight excluding hydrogens is 250 g/mol. The summed E-state index contributed by atoms with van der Waals surface area (Å²) < 4.78 is 16.9. The third-order valence-electron chi connectivity index (χ3n) is 3.83. The predicted octanol–water partition coefficient (Wildman–Crippen LogP) is 1.09. The van der Waals surface area contributed by atoms with E-state index in [0.29, 0.717) is 13.2 Å². The van der Waals surface area contributed by atoms with Crippen molar-refractivity contribution in [2.75, 3.05) is 13.2 Å². The largest absolute Gasteiger partial charge is 0.466 e. The zero-order valence-corrected chi connectivity index (χ0v) is 11.4. The van der Waals surface area contributed by atoms with Gasteiger partial charge in [-0.1, -0.05) is 5.16 Å². The Kier molecular flexibility index (Phi) is 3.02. The number of ether oxygens (including phenoxy) is 3. The SMILES string of the molecule is CCOC(=O)C[C@@H]1C2=NOC[C@@H]2[C@H]2OC(C)(C)O[C@H]21. The van der Waals surface area contributed by atoms with Crippen molar-refractivity contribution < 1.29 is 23.8 Å². The molecule has 3 aliphatic rings. The molecule has 0 bridgehead atoms. The Morgan fingerprint density at radius 1 is 1.42 bits per heavy atom. The molecule has 0 spiro atoms. The first-order valence-electron chi connectivity index (χ1n) is 6.73. The van der Waals surface area contributed by atoms with Gasteiger partial charge in [-0.25, -0.2) is 0 Å². The molecule has 0 aromatic carbocycles. The van der Waals surface area contributed by atoms with Crippen LogP contribution in [-0.4, -0.2) is 42.9 Å². The van der Waals surface area contributed by atoms with Gasteiger partial charge in [0.15, 0.2) is 5.79 Å². The number of nitrogens with zero attached hydrogens (tertiary/aromatic N) is 1. The van der Waals surface area contributed by atoms with Crippen molar-refractivity contribution in [1.82, 2.24) is 0 Å². The maximum Gasteiger partial charge on any atom is 0.306 e. The van der Waals surface area contributed by atoms with Crippen LogP contribution in [0.4, 0.5) is 0 Å². The smallest absolute Gasteiger partial charge is 0.306 e. The first-order valence-corrected chi connectivity index (χ1v) is 6.73. The lowest BCUT2D eigenvalue weighted by Crippen LogP contribution is -2.30. The van der Waals surface area contributed by atoms with Gasteiger partial charge >= 0.3 is 5.97 Å². The Morgan fingerprint density at radius 2 is 2.16 bits per heavy atom. The standard InChI is InChI=1S/C13H19NO5/c1-4-16-9(15)5-7-10-8(6-17-14-10)12-11(7)18-13(2,3)19-12/h7-8,11-12H,4-6H2,1-3H3/t7-,8+,11+,12-/m1/s1. The molecular formula is C13H19NO5. The van der Waals surface area contributed by atoms with E-state index in [2.05, 4.69) is 5.16 Å². The Morgan fingerprint density at radius 3 is 2.89 bits per heavy atom. The maximum atomic E-state index is 11.7. The minimum absolute atomic E-state index is 0.0734. The van der Waals surface area contributed by atoms with Gasteiger partial charge in [0.05, 0.1) is 36.9 Å². The number of fused-ring (bicyclic) bond motifs is 3. The number of rotatable bonds is 3. The van der Waals surface area contributed by atoms with Crippen LogP contribution < -0.4 is 0 Å². The summed E-state index contributed by atoms with van der Waals surface area (Å²) in [6.07, 6.45) is 0.0652. The van der Waals surface area contributed by atoms with Gasteiger partial charge in [-0.15, -0.1) is 0 Å². The lowest BCUT2D eigenvalue weighted by Gasteiger charge is -2.21. The lowest BCUT2D eigenvalue weighted by molar-refractivity contribution is -0.157. The fraction of sp³-hybridized carbons (Fsp3) is 0.846. The summed E-state index contributed by atoms with van der Waals surface area (Å²) in [7, 11) is 0. The highest BCUT2D eigenvalue weighted by atomic mass is 16.8. The molecule has 0 aromatic rings. The topological polar surface area (TPSA) is 66.4 Å². The van der Waals surface area contributed by atoms with Gasteiger partial charge in [0.1, 0.15) is 6.61 Å². The van der Waals surface area contributed by atoms with E-state index in [1.165, 1.54) is 0 Å². The second-order valence-electron chi connectivity index (χ2n) is 5.60. The quantitative estimate of drug-likeness (QED) is 0.718. The summed E-state index contributed by atoms with van der Waals surface area (Å²) in [6, 6.07) is 0. The van der Waals surface area contributed by atoms with E-state index in [1.54, 1.807) is 6.92 Å². The molecule has 106 valence electrons. The molecule has 6 nitrogen and oxygen atoms in total. The van der Waals surface area contributed by atoms with Gasteiger partial charge in [-0.3, -0.25) is 4.79 Å². The predicted molar refractivity (Wildman–Crippen MR) is 65.4 cm³/mol. The van der Waals surface area contributed by atoms with Gasteiger partial charge in [0.2, 0.25) is 0 Å². The molecule has 0 unspecified atom stereocenters. The number of hydrogen-bond donors (Lipinski definition) is 0. The minimum atomic E-state index is -0.615. The zero-order chi connectivity index (χ0) is 13.6. The zero-order valence-electron chi connectivity index (χ0n) is 11.4. The molecule has 1 saturated heterocycles. The van der Waals surface area contributed by atoms with Crippen LogP contribution in [0.5, 0.6) is 0 Å². The van der Waals surface area contributed by atoms with Crippen LogP contribution in [0.25, 0.3) is 0 Å². The summed E-state index contributed by atoms with van der Waals surface area (Å²) in [5, 5.41) is 4.07. The monoisotopic (exact) mass is 269 g/mol. The molecule has 1 aliphatic carbocycles. The maximum absolute atomic E-state index is 11.7. The normalized spacial score (nSPS) is 38.4. The Labute approximate surface area is 112 Å². The summed E-state index contributed by atoms with van der Waals surface area (Å²) in [5.74, 6) is -0.838. The summed E-state index contributed by atoms with van der Waals surface area (Å²) in [4.78, 5) is 16.9. The van der Waals surface area contributed by atoms with Crippen LogP contribution in [0.2, 0.25) is 0 Å². The second kappa shape index (κ2) is 4.45. The van der Waals surface area contributed by atoms with Crippen LogP contribution in [0.15, 0.2) is 5.16 Å². The van der Waals surface area contributed by atoms with Crippen LogP contribution in [0, 0.1) is 11.8 Å². The Bertz CT molecular complexity index is 419. The van der Waals surface area contributed by atoms with Gasteiger partial charge in [-0.05, 0) is 20.8 Å². The van der Waals surface area contributed by atoms with Crippen molar-refractivity contribution in [1.29, 1.82) is 0 Å². The van der Waals surface area contributed by atoms with Crippen LogP contribution in [0.3, 0.4) is 0 Å². The fourth-order valence-electron chi connectivity index (χ4n) is 3.18. The van der Waals surface area contributed by atoms with Gasteiger partial charge in [0, 0.05) is 5.92 Å². The van der Waals surface area contributed by atoms with E-state index in [4.69, 9.17) is 19.0 Å². The molecule has 0 N–H and O–H groups in total. The average molecular weight is 269 g/mol. The molecule has 4 atom stereocenters. The van der Waals surface area contributed by atoms with Crippen molar-refractivity contribution in [2.45, 2.75) is 45.2 Å². The van der Waals surface area contributed by atoms with Gasteiger partial charge in [0.25, 0.3) is 0 Å². The molecule has 19 heavy (non-hydrogen) atoms. The van der Waals surface area contributed by atoms with E-state index < -0.39 is 5.79 Å². The van der Waals surface area contributed by atoms with E-state index >= 15 is 0 Å². The number of hydrogen-bond acceptors (Lipinski definition) is 6. The summed E-state index contributed by atoms with van der Waals surface area (Å²) >= 11 is 0. The molecule has 6 heteroatoms. The van der Waals surface area contributed by atoms with E-state index in [-0.39, 0.29) is 36.4 Å². The highest BCUT2D eigenvalue weighted by Gasteiger charge is 2.59. The molecule has 3 rings (SSSR count).